The molecular formula is C16H10ClN3O5. The second-order valence-electron chi connectivity index (χ2n) is 4.69. The predicted molar refractivity (Wildman–Crippen MR) is 87.4 cm³/mol. The van der Waals surface area contributed by atoms with Crippen molar-refractivity contribution >= 4 is 35.6 Å². The van der Waals surface area contributed by atoms with Crippen LogP contribution in [0.2, 0.25) is 5.02 Å². The Morgan fingerprint density at radius 2 is 2.00 bits per heavy atom. The molecule has 8 nitrogen and oxygen atoms in total. The Balaban J connectivity index is 2.34. The van der Waals surface area contributed by atoms with Crippen molar-refractivity contribution in [2.75, 3.05) is 0 Å². The van der Waals surface area contributed by atoms with Crippen molar-refractivity contribution in [1.82, 2.24) is 5.32 Å². The summed E-state index contributed by atoms with van der Waals surface area (Å²) in [6.45, 7) is 0. The van der Waals surface area contributed by atoms with E-state index in [-0.39, 0.29) is 21.9 Å². The second kappa shape index (κ2) is 7.33. The number of carbonyl (C=O) groups is 3. The van der Waals surface area contributed by atoms with Crippen molar-refractivity contribution in [2.45, 2.75) is 0 Å². The van der Waals surface area contributed by atoms with Crippen LogP contribution in [0, 0.1) is 11.3 Å². The molecule has 1 heterocycles. The number of carboxylic acids is 1. The van der Waals surface area contributed by atoms with Gasteiger partial charge in [-0.15, -0.1) is 0 Å². The minimum atomic E-state index is -1.19. The van der Waals surface area contributed by atoms with E-state index in [2.05, 4.69) is 0 Å². The molecule has 0 saturated heterocycles. The number of urea groups is 1. The first-order valence-electron chi connectivity index (χ1n) is 6.67. The van der Waals surface area contributed by atoms with Crippen LogP contribution in [0.4, 0.5) is 4.79 Å². The van der Waals surface area contributed by atoms with E-state index in [1.54, 1.807) is 17.5 Å². The molecule has 0 aliphatic heterocycles. The van der Waals surface area contributed by atoms with Crippen LogP contribution in [0.1, 0.15) is 16.1 Å². The summed E-state index contributed by atoms with van der Waals surface area (Å²) in [5.74, 6) is -1.70. The Labute approximate surface area is 146 Å². The predicted octanol–water partition coefficient (Wildman–Crippen LogP) is 2.40. The molecule has 0 aliphatic carbocycles. The lowest BCUT2D eigenvalue weighted by molar-refractivity contribution is -0.116. The Morgan fingerprint density at radius 1 is 1.28 bits per heavy atom. The number of carboxylic acid groups (broad SMARTS) is 1. The van der Waals surface area contributed by atoms with E-state index in [0.717, 1.165) is 6.08 Å². The van der Waals surface area contributed by atoms with Gasteiger partial charge in [0.1, 0.15) is 23.2 Å². The normalized spacial score (nSPS) is 10.8. The standard InChI is InChI=1S/C16H10ClN3O5/c17-12-3-1-8(6-11(12)15(22)23)13-4-2-10(25-13)5-9(7-18)14(21)20-16(19)24/h1-6H,(H,22,23)(H3,19,20,21,24)/b9-5+. The van der Waals surface area contributed by atoms with Gasteiger partial charge in [-0.3, -0.25) is 10.1 Å². The maximum Gasteiger partial charge on any atom is 0.337 e. The number of imide groups is 1. The zero-order chi connectivity index (χ0) is 18.6. The third-order valence-electron chi connectivity index (χ3n) is 3.00. The molecule has 126 valence electrons. The van der Waals surface area contributed by atoms with Gasteiger partial charge in [-0.25, -0.2) is 9.59 Å². The molecule has 0 radical (unpaired) electrons. The molecule has 1 aromatic carbocycles. The number of hydrogen-bond acceptors (Lipinski definition) is 5. The number of rotatable bonds is 4. The van der Waals surface area contributed by atoms with Crippen LogP contribution in [-0.4, -0.2) is 23.0 Å². The summed E-state index contributed by atoms with van der Waals surface area (Å²) in [5.41, 5.74) is 4.79. The van der Waals surface area contributed by atoms with Crippen LogP contribution in [0.3, 0.4) is 0 Å². The molecule has 3 amide bonds. The van der Waals surface area contributed by atoms with Gasteiger partial charge < -0.3 is 15.3 Å². The number of nitrogens with one attached hydrogen (secondary N) is 1. The van der Waals surface area contributed by atoms with Gasteiger partial charge in [0.15, 0.2) is 0 Å². The van der Waals surface area contributed by atoms with Gasteiger partial charge in [-0.05, 0) is 30.3 Å². The first-order valence-corrected chi connectivity index (χ1v) is 7.05. The van der Waals surface area contributed by atoms with E-state index >= 15 is 0 Å². The molecular weight excluding hydrogens is 350 g/mol. The fourth-order valence-electron chi connectivity index (χ4n) is 1.90. The number of nitriles is 1. The van der Waals surface area contributed by atoms with E-state index in [9.17, 15) is 14.4 Å². The summed E-state index contributed by atoms with van der Waals surface area (Å²) in [4.78, 5) is 33.4. The molecule has 0 aliphatic rings. The van der Waals surface area contributed by atoms with E-state index in [1.807, 2.05) is 0 Å². The van der Waals surface area contributed by atoms with Gasteiger partial charge in [0, 0.05) is 11.6 Å². The van der Waals surface area contributed by atoms with Crippen molar-refractivity contribution in [3.63, 3.8) is 0 Å². The van der Waals surface area contributed by atoms with Gasteiger partial charge in [0.25, 0.3) is 5.91 Å². The molecule has 9 heteroatoms. The Kier molecular flexibility index (Phi) is 5.22. The van der Waals surface area contributed by atoms with Gasteiger partial charge in [-0.2, -0.15) is 5.26 Å². The van der Waals surface area contributed by atoms with Gasteiger partial charge in [-0.1, -0.05) is 11.6 Å². The molecule has 0 bridgehead atoms. The topological polar surface area (TPSA) is 146 Å². The highest BCUT2D eigenvalue weighted by molar-refractivity contribution is 6.33. The van der Waals surface area contributed by atoms with Crippen molar-refractivity contribution in [1.29, 1.82) is 5.26 Å². The molecule has 0 spiro atoms. The van der Waals surface area contributed by atoms with Crippen LogP contribution in [0.15, 0.2) is 40.3 Å². The average Bonchev–Trinajstić information content (AvgIpc) is 3.00. The third-order valence-corrected chi connectivity index (χ3v) is 3.33. The molecule has 0 fully saturated rings. The summed E-state index contributed by atoms with van der Waals surface area (Å²) in [7, 11) is 0. The average molecular weight is 360 g/mol. The van der Waals surface area contributed by atoms with Crippen LogP contribution >= 0.6 is 11.6 Å². The maximum absolute atomic E-state index is 11.6. The minimum Gasteiger partial charge on any atom is -0.478 e. The fraction of sp³-hybridized carbons (Fsp3) is 0. The smallest absolute Gasteiger partial charge is 0.337 e. The number of aromatic carboxylic acids is 1. The Hall–Kier alpha value is -3.57. The number of nitrogens with zero attached hydrogens (tertiary/aromatic N) is 1. The number of halogens is 1. The number of hydrogen-bond donors (Lipinski definition) is 3. The SMILES string of the molecule is N#C/C(=C\c1ccc(-c2ccc(Cl)c(C(=O)O)c2)o1)C(=O)NC(N)=O. The van der Waals surface area contributed by atoms with Crippen molar-refractivity contribution in [2.24, 2.45) is 5.73 Å². The number of nitrogens with two attached hydrogens (primary N) is 1. The lowest BCUT2D eigenvalue weighted by Gasteiger charge is -2.02. The first kappa shape index (κ1) is 17.8. The summed E-state index contributed by atoms with van der Waals surface area (Å²) in [6, 6.07) is 7.85. The summed E-state index contributed by atoms with van der Waals surface area (Å²) >= 11 is 5.81. The molecule has 0 atom stereocenters. The molecule has 2 aromatic rings. The van der Waals surface area contributed by atoms with Gasteiger partial charge >= 0.3 is 12.0 Å². The number of amides is 3. The number of primary amides is 1. The molecule has 4 N–H and O–H groups in total. The Morgan fingerprint density at radius 3 is 2.60 bits per heavy atom. The van der Waals surface area contributed by atoms with E-state index < -0.39 is 17.9 Å². The minimum absolute atomic E-state index is 0.0813. The highest BCUT2D eigenvalue weighted by atomic mass is 35.5. The van der Waals surface area contributed by atoms with E-state index in [1.165, 1.54) is 24.3 Å². The highest BCUT2D eigenvalue weighted by Gasteiger charge is 2.14. The number of benzene rings is 1. The van der Waals surface area contributed by atoms with Gasteiger partial charge in [0.05, 0.1) is 10.6 Å². The monoisotopic (exact) mass is 359 g/mol. The van der Waals surface area contributed by atoms with Crippen molar-refractivity contribution in [3.05, 3.63) is 52.3 Å². The molecule has 0 unspecified atom stereocenters. The molecule has 2 rings (SSSR count). The fourth-order valence-corrected chi connectivity index (χ4v) is 2.10. The summed E-state index contributed by atoms with van der Waals surface area (Å²) in [5, 5.41) is 19.9. The van der Waals surface area contributed by atoms with Gasteiger partial charge in [0.2, 0.25) is 0 Å². The summed E-state index contributed by atoms with van der Waals surface area (Å²) in [6.07, 6.45) is 1.12. The number of furan rings is 1. The third kappa shape index (κ3) is 4.25. The van der Waals surface area contributed by atoms with Crippen LogP contribution in [0.25, 0.3) is 17.4 Å². The van der Waals surface area contributed by atoms with E-state index in [0.29, 0.717) is 11.3 Å². The summed E-state index contributed by atoms with van der Waals surface area (Å²) < 4.78 is 5.47. The van der Waals surface area contributed by atoms with Crippen molar-refractivity contribution in [3.8, 4) is 17.4 Å². The lowest BCUT2D eigenvalue weighted by atomic mass is 10.1. The zero-order valence-corrected chi connectivity index (χ0v) is 13.2. The van der Waals surface area contributed by atoms with Crippen LogP contribution in [0.5, 0.6) is 0 Å². The highest BCUT2D eigenvalue weighted by Crippen LogP contribution is 2.27. The molecule has 0 saturated carbocycles. The van der Waals surface area contributed by atoms with Crippen molar-refractivity contribution < 1.29 is 23.9 Å². The molecule has 1 aromatic heterocycles. The number of carbonyl (C=O) groups excluding carboxylic acids is 2. The quantitative estimate of drug-likeness (QED) is 0.564. The van der Waals surface area contributed by atoms with Crippen LogP contribution in [-0.2, 0) is 4.79 Å². The van der Waals surface area contributed by atoms with Crippen LogP contribution < -0.4 is 11.1 Å². The lowest BCUT2D eigenvalue weighted by Crippen LogP contribution is -2.35. The maximum atomic E-state index is 11.6. The largest absolute Gasteiger partial charge is 0.478 e. The molecule has 25 heavy (non-hydrogen) atoms. The Bertz CT molecular complexity index is 939. The zero-order valence-electron chi connectivity index (χ0n) is 12.4. The second-order valence-corrected chi connectivity index (χ2v) is 5.10. The first-order chi connectivity index (χ1) is 11.8. The van der Waals surface area contributed by atoms with E-state index in [4.69, 9.17) is 32.1 Å².